The van der Waals surface area contributed by atoms with Crippen LogP contribution in [0.1, 0.15) is 15.9 Å². The SMILES string of the molecule is Cc1cc(O)ccc1NC(=O)c1ccc(F)cc1Br. The van der Waals surface area contributed by atoms with Gasteiger partial charge >= 0.3 is 0 Å². The monoisotopic (exact) mass is 323 g/mol. The maximum absolute atomic E-state index is 13.0. The van der Waals surface area contributed by atoms with E-state index in [0.717, 1.165) is 5.56 Å². The molecule has 0 aliphatic rings. The number of carbonyl (C=O) groups is 1. The van der Waals surface area contributed by atoms with Crippen LogP contribution in [0.2, 0.25) is 0 Å². The van der Waals surface area contributed by atoms with E-state index >= 15 is 0 Å². The van der Waals surface area contributed by atoms with Crippen LogP contribution in [0.25, 0.3) is 0 Å². The molecule has 3 nitrogen and oxygen atoms in total. The van der Waals surface area contributed by atoms with Crippen molar-refractivity contribution >= 4 is 27.5 Å². The summed E-state index contributed by atoms with van der Waals surface area (Å²) in [6, 6.07) is 8.52. The first-order chi connectivity index (χ1) is 8.97. The highest BCUT2D eigenvalue weighted by Gasteiger charge is 2.12. The Kier molecular flexibility index (Phi) is 3.85. The third kappa shape index (κ3) is 3.12. The van der Waals surface area contributed by atoms with Gasteiger partial charge in [-0.05, 0) is 64.8 Å². The molecule has 0 spiro atoms. The molecule has 2 N–H and O–H groups in total. The summed E-state index contributed by atoms with van der Waals surface area (Å²) in [6.45, 7) is 1.77. The Balaban J connectivity index is 2.25. The minimum Gasteiger partial charge on any atom is -0.508 e. The average molecular weight is 324 g/mol. The second-order valence-electron chi connectivity index (χ2n) is 4.08. The van der Waals surface area contributed by atoms with Gasteiger partial charge in [0.05, 0.1) is 5.56 Å². The number of nitrogens with one attached hydrogen (secondary N) is 1. The number of phenols is 1. The zero-order chi connectivity index (χ0) is 14.0. The summed E-state index contributed by atoms with van der Waals surface area (Å²) >= 11 is 3.15. The van der Waals surface area contributed by atoms with Crippen LogP contribution in [-0.4, -0.2) is 11.0 Å². The number of hydrogen-bond donors (Lipinski definition) is 2. The molecule has 0 aliphatic carbocycles. The number of benzene rings is 2. The number of carbonyl (C=O) groups excluding carboxylic acids is 1. The molecule has 1 amide bonds. The zero-order valence-electron chi connectivity index (χ0n) is 10.1. The number of halogens is 2. The molecular weight excluding hydrogens is 313 g/mol. The Morgan fingerprint density at radius 3 is 2.63 bits per heavy atom. The summed E-state index contributed by atoms with van der Waals surface area (Å²) < 4.78 is 13.3. The number of hydrogen-bond acceptors (Lipinski definition) is 2. The average Bonchev–Trinajstić information content (AvgIpc) is 2.32. The van der Waals surface area contributed by atoms with Crippen molar-refractivity contribution in [3.63, 3.8) is 0 Å². The molecule has 98 valence electrons. The molecule has 2 aromatic carbocycles. The van der Waals surface area contributed by atoms with Crippen LogP contribution in [-0.2, 0) is 0 Å². The summed E-state index contributed by atoms with van der Waals surface area (Å²) in [5, 5.41) is 12.0. The highest BCUT2D eigenvalue weighted by Crippen LogP contribution is 2.23. The molecule has 0 unspecified atom stereocenters. The van der Waals surface area contributed by atoms with Gasteiger partial charge in [-0.3, -0.25) is 4.79 Å². The lowest BCUT2D eigenvalue weighted by atomic mass is 10.1. The van der Waals surface area contributed by atoms with Gasteiger partial charge in [0, 0.05) is 10.2 Å². The van der Waals surface area contributed by atoms with Crippen molar-refractivity contribution in [3.8, 4) is 5.75 Å². The maximum Gasteiger partial charge on any atom is 0.256 e. The summed E-state index contributed by atoms with van der Waals surface area (Å²) in [5.41, 5.74) is 1.68. The Labute approximate surface area is 118 Å². The maximum atomic E-state index is 13.0. The van der Waals surface area contributed by atoms with Crippen LogP contribution >= 0.6 is 15.9 Å². The molecule has 0 saturated heterocycles. The molecule has 0 aromatic heterocycles. The molecule has 19 heavy (non-hydrogen) atoms. The van der Waals surface area contributed by atoms with Crippen molar-refractivity contribution < 1.29 is 14.3 Å². The first-order valence-corrected chi connectivity index (χ1v) is 6.32. The van der Waals surface area contributed by atoms with Gasteiger partial charge < -0.3 is 10.4 Å². The van der Waals surface area contributed by atoms with Crippen molar-refractivity contribution in [1.82, 2.24) is 0 Å². The Morgan fingerprint density at radius 1 is 1.26 bits per heavy atom. The number of rotatable bonds is 2. The van der Waals surface area contributed by atoms with Gasteiger partial charge in [-0.15, -0.1) is 0 Å². The van der Waals surface area contributed by atoms with Crippen molar-refractivity contribution in [3.05, 3.63) is 57.8 Å². The normalized spacial score (nSPS) is 10.3. The van der Waals surface area contributed by atoms with E-state index in [4.69, 9.17) is 0 Å². The van der Waals surface area contributed by atoms with E-state index < -0.39 is 5.82 Å². The predicted molar refractivity (Wildman–Crippen MR) is 74.9 cm³/mol. The van der Waals surface area contributed by atoms with E-state index in [2.05, 4.69) is 21.2 Å². The quantitative estimate of drug-likeness (QED) is 0.824. The van der Waals surface area contributed by atoms with E-state index in [-0.39, 0.29) is 11.7 Å². The van der Waals surface area contributed by atoms with Crippen LogP contribution in [0.3, 0.4) is 0 Å². The number of amides is 1. The smallest absolute Gasteiger partial charge is 0.256 e. The Morgan fingerprint density at radius 2 is 2.00 bits per heavy atom. The molecular formula is C14H11BrFNO2. The molecule has 0 bridgehead atoms. The summed E-state index contributed by atoms with van der Waals surface area (Å²) in [7, 11) is 0. The largest absolute Gasteiger partial charge is 0.508 e. The fraction of sp³-hybridized carbons (Fsp3) is 0.0714. The first kappa shape index (κ1) is 13.5. The van der Waals surface area contributed by atoms with Gasteiger partial charge in [0.25, 0.3) is 5.91 Å². The van der Waals surface area contributed by atoms with E-state index in [9.17, 15) is 14.3 Å². The number of phenolic OH excluding ortho intramolecular Hbond substituents is 1. The second-order valence-corrected chi connectivity index (χ2v) is 4.93. The molecule has 2 rings (SSSR count). The van der Waals surface area contributed by atoms with E-state index in [1.807, 2.05) is 0 Å². The molecule has 0 radical (unpaired) electrons. The third-order valence-electron chi connectivity index (χ3n) is 2.63. The highest BCUT2D eigenvalue weighted by molar-refractivity contribution is 9.10. The van der Waals surface area contributed by atoms with Crippen LogP contribution in [0.15, 0.2) is 40.9 Å². The highest BCUT2D eigenvalue weighted by atomic mass is 79.9. The van der Waals surface area contributed by atoms with E-state index in [1.165, 1.54) is 24.3 Å². The third-order valence-corrected chi connectivity index (χ3v) is 3.29. The lowest BCUT2D eigenvalue weighted by Crippen LogP contribution is -2.13. The topological polar surface area (TPSA) is 49.3 Å². The zero-order valence-corrected chi connectivity index (χ0v) is 11.7. The molecule has 5 heteroatoms. The van der Waals surface area contributed by atoms with Crippen molar-refractivity contribution in [2.24, 2.45) is 0 Å². The van der Waals surface area contributed by atoms with Gasteiger partial charge in [-0.2, -0.15) is 0 Å². The molecule has 2 aromatic rings. The predicted octanol–water partition coefficient (Wildman–Crippen LogP) is 3.85. The number of anilines is 1. The standard InChI is InChI=1S/C14H11BrFNO2/c1-8-6-10(18)3-5-13(8)17-14(19)11-4-2-9(16)7-12(11)15/h2-7,18H,1H3,(H,17,19). The van der Waals surface area contributed by atoms with Gasteiger partial charge in [0.15, 0.2) is 0 Å². The molecule has 0 atom stereocenters. The van der Waals surface area contributed by atoms with Gasteiger partial charge in [-0.25, -0.2) is 4.39 Å². The molecule has 0 fully saturated rings. The second kappa shape index (κ2) is 5.40. The summed E-state index contributed by atoms with van der Waals surface area (Å²) in [5.74, 6) is -0.622. The van der Waals surface area contributed by atoms with Gasteiger partial charge in [0.1, 0.15) is 11.6 Å². The summed E-state index contributed by atoms with van der Waals surface area (Å²) in [4.78, 5) is 12.1. The minimum atomic E-state index is -0.413. The van der Waals surface area contributed by atoms with Crippen molar-refractivity contribution in [2.75, 3.05) is 5.32 Å². The van der Waals surface area contributed by atoms with Gasteiger partial charge in [-0.1, -0.05) is 0 Å². The molecule has 0 saturated carbocycles. The number of aromatic hydroxyl groups is 1. The summed E-state index contributed by atoms with van der Waals surface area (Å²) in [6.07, 6.45) is 0. The Bertz CT molecular complexity index is 643. The lowest BCUT2D eigenvalue weighted by Gasteiger charge is -2.09. The lowest BCUT2D eigenvalue weighted by molar-refractivity contribution is 0.102. The van der Waals surface area contributed by atoms with E-state index in [0.29, 0.717) is 15.7 Å². The van der Waals surface area contributed by atoms with Crippen LogP contribution < -0.4 is 5.32 Å². The van der Waals surface area contributed by atoms with Crippen molar-refractivity contribution in [2.45, 2.75) is 6.92 Å². The first-order valence-electron chi connectivity index (χ1n) is 5.53. The fourth-order valence-corrected chi connectivity index (χ4v) is 2.18. The van der Waals surface area contributed by atoms with E-state index in [1.54, 1.807) is 19.1 Å². The molecule has 0 aliphatic heterocycles. The van der Waals surface area contributed by atoms with Gasteiger partial charge in [0.2, 0.25) is 0 Å². The van der Waals surface area contributed by atoms with Crippen molar-refractivity contribution in [1.29, 1.82) is 0 Å². The number of aryl methyl sites for hydroxylation is 1. The van der Waals surface area contributed by atoms with Crippen LogP contribution in [0.5, 0.6) is 5.75 Å². The van der Waals surface area contributed by atoms with Crippen LogP contribution in [0, 0.1) is 12.7 Å². The Hall–Kier alpha value is -1.88. The molecule has 0 heterocycles. The minimum absolute atomic E-state index is 0.137. The van der Waals surface area contributed by atoms with Crippen LogP contribution in [0.4, 0.5) is 10.1 Å². The fourth-order valence-electron chi connectivity index (χ4n) is 1.65.